The Kier molecular flexibility index (Phi) is 5.23. The molecule has 6 heteroatoms. The monoisotopic (exact) mass is 334 g/mol. The average molecular weight is 334 g/mol. The summed E-state index contributed by atoms with van der Waals surface area (Å²) in [4.78, 5) is 18.7. The smallest absolute Gasteiger partial charge is 0.321 e. The highest BCUT2D eigenvalue weighted by Crippen LogP contribution is 2.25. The van der Waals surface area contributed by atoms with E-state index in [1.165, 1.54) is 6.07 Å². The van der Waals surface area contributed by atoms with Crippen molar-refractivity contribution in [1.82, 2.24) is 9.80 Å². The maximum Gasteiger partial charge on any atom is 0.321 e. The van der Waals surface area contributed by atoms with Crippen LogP contribution in [-0.2, 0) is 0 Å². The van der Waals surface area contributed by atoms with E-state index in [0.29, 0.717) is 18.3 Å². The van der Waals surface area contributed by atoms with Crippen LogP contribution in [0.25, 0.3) is 0 Å². The van der Waals surface area contributed by atoms with Crippen molar-refractivity contribution < 1.29 is 9.18 Å². The number of anilines is 2. The van der Waals surface area contributed by atoms with E-state index in [2.05, 4.69) is 15.1 Å². The molecular formula is C18H27FN4O. The molecule has 0 aliphatic carbocycles. The third kappa shape index (κ3) is 3.98. The number of carbonyl (C=O) groups excluding carboxylic acids is 1. The predicted molar refractivity (Wildman–Crippen MR) is 95.1 cm³/mol. The minimum atomic E-state index is -0.306. The summed E-state index contributed by atoms with van der Waals surface area (Å²) in [6, 6.07) is 5.06. The second-order valence-electron chi connectivity index (χ2n) is 7.03. The molecule has 2 aliphatic heterocycles. The SMILES string of the molecule is CN(C)C1CCCN(C(=O)Nc2cc(F)cc(N3CCCC3)c2)C1. The van der Waals surface area contributed by atoms with Crippen molar-refractivity contribution in [3.8, 4) is 0 Å². The molecule has 1 aromatic rings. The van der Waals surface area contributed by atoms with Crippen molar-refractivity contribution >= 4 is 17.4 Å². The lowest BCUT2D eigenvalue weighted by molar-refractivity contribution is 0.148. The normalized spacial score (nSPS) is 21.4. The standard InChI is InChI=1S/C18H27FN4O/c1-21(2)16-6-5-9-23(13-16)18(24)20-15-10-14(19)11-17(12-15)22-7-3-4-8-22/h10-12,16H,3-9,13H2,1-2H3,(H,20,24). The van der Waals surface area contributed by atoms with Crippen LogP contribution in [-0.4, -0.2) is 62.1 Å². The molecule has 5 nitrogen and oxygen atoms in total. The van der Waals surface area contributed by atoms with Crippen LogP contribution in [0.3, 0.4) is 0 Å². The third-order valence-electron chi connectivity index (χ3n) is 5.02. The van der Waals surface area contributed by atoms with Crippen LogP contribution in [0.5, 0.6) is 0 Å². The van der Waals surface area contributed by atoms with Gasteiger partial charge in [-0.15, -0.1) is 0 Å². The zero-order valence-electron chi connectivity index (χ0n) is 14.6. The lowest BCUT2D eigenvalue weighted by Crippen LogP contribution is -2.48. The highest BCUT2D eigenvalue weighted by molar-refractivity contribution is 5.90. The Labute approximate surface area is 143 Å². The first-order valence-corrected chi connectivity index (χ1v) is 8.81. The summed E-state index contributed by atoms with van der Waals surface area (Å²) >= 11 is 0. The zero-order chi connectivity index (χ0) is 17.1. The number of halogens is 1. The molecule has 2 fully saturated rings. The molecule has 0 spiro atoms. The quantitative estimate of drug-likeness (QED) is 0.924. The fourth-order valence-electron chi connectivity index (χ4n) is 3.57. The molecule has 0 aromatic heterocycles. The molecule has 1 N–H and O–H groups in total. The molecule has 2 heterocycles. The molecule has 0 radical (unpaired) electrons. The summed E-state index contributed by atoms with van der Waals surface area (Å²) in [6.07, 6.45) is 4.38. The van der Waals surface area contributed by atoms with Crippen molar-refractivity contribution in [3.05, 3.63) is 24.0 Å². The molecule has 0 saturated carbocycles. The highest BCUT2D eigenvalue weighted by atomic mass is 19.1. The molecule has 132 valence electrons. The lowest BCUT2D eigenvalue weighted by atomic mass is 10.1. The van der Waals surface area contributed by atoms with Gasteiger partial charge in [-0.3, -0.25) is 0 Å². The van der Waals surface area contributed by atoms with Crippen molar-refractivity contribution in [1.29, 1.82) is 0 Å². The second-order valence-corrected chi connectivity index (χ2v) is 7.03. The summed E-state index contributed by atoms with van der Waals surface area (Å²) in [5.41, 5.74) is 1.39. The molecule has 3 rings (SSSR count). The van der Waals surface area contributed by atoms with Gasteiger partial charge < -0.3 is 20.0 Å². The zero-order valence-corrected chi connectivity index (χ0v) is 14.6. The topological polar surface area (TPSA) is 38.8 Å². The van der Waals surface area contributed by atoms with Crippen molar-refractivity contribution in [2.75, 3.05) is 50.5 Å². The number of likely N-dealkylation sites (N-methyl/N-ethyl adjacent to an activating group) is 1. The van der Waals surface area contributed by atoms with E-state index in [-0.39, 0.29) is 11.8 Å². The molecular weight excluding hydrogens is 307 g/mol. The number of likely N-dealkylation sites (tertiary alicyclic amines) is 1. The average Bonchev–Trinajstić information content (AvgIpc) is 3.09. The van der Waals surface area contributed by atoms with Gasteiger partial charge in [-0.25, -0.2) is 9.18 Å². The molecule has 2 saturated heterocycles. The summed E-state index contributed by atoms with van der Waals surface area (Å²) in [7, 11) is 4.09. The molecule has 24 heavy (non-hydrogen) atoms. The number of hydrogen-bond donors (Lipinski definition) is 1. The molecule has 1 aromatic carbocycles. The molecule has 0 bridgehead atoms. The highest BCUT2D eigenvalue weighted by Gasteiger charge is 2.25. The van der Waals surface area contributed by atoms with Crippen LogP contribution in [0, 0.1) is 5.82 Å². The molecule has 2 amide bonds. The number of piperidine rings is 1. The van der Waals surface area contributed by atoms with E-state index < -0.39 is 0 Å². The van der Waals surface area contributed by atoms with Gasteiger partial charge in [-0.2, -0.15) is 0 Å². The molecule has 1 atom stereocenters. The Morgan fingerprint density at radius 3 is 2.62 bits per heavy atom. The Morgan fingerprint density at radius 1 is 1.17 bits per heavy atom. The number of nitrogens with zero attached hydrogens (tertiary/aromatic N) is 3. The predicted octanol–water partition coefficient (Wildman–Crippen LogP) is 2.98. The van der Waals surface area contributed by atoms with Crippen LogP contribution in [0.15, 0.2) is 18.2 Å². The van der Waals surface area contributed by atoms with E-state index in [1.54, 1.807) is 6.07 Å². The van der Waals surface area contributed by atoms with E-state index in [4.69, 9.17) is 0 Å². The van der Waals surface area contributed by atoms with Gasteiger partial charge in [-0.05, 0) is 58.0 Å². The molecule has 2 aliphatic rings. The Morgan fingerprint density at radius 2 is 1.92 bits per heavy atom. The van der Waals surface area contributed by atoms with Crippen LogP contribution in [0.2, 0.25) is 0 Å². The number of rotatable bonds is 3. The van der Waals surface area contributed by atoms with Gasteiger partial charge >= 0.3 is 6.03 Å². The number of urea groups is 1. The van der Waals surface area contributed by atoms with Crippen LogP contribution < -0.4 is 10.2 Å². The first-order chi connectivity index (χ1) is 11.5. The largest absolute Gasteiger partial charge is 0.371 e. The third-order valence-corrected chi connectivity index (χ3v) is 5.02. The van der Waals surface area contributed by atoms with Crippen LogP contribution in [0.4, 0.5) is 20.6 Å². The van der Waals surface area contributed by atoms with E-state index in [9.17, 15) is 9.18 Å². The molecule has 1 unspecified atom stereocenters. The van der Waals surface area contributed by atoms with E-state index in [1.807, 2.05) is 25.1 Å². The number of hydrogen-bond acceptors (Lipinski definition) is 3. The van der Waals surface area contributed by atoms with E-state index in [0.717, 1.165) is 51.0 Å². The first kappa shape index (κ1) is 17.0. The van der Waals surface area contributed by atoms with Gasteiger partial charge in [0.05, 0.1) is 0 Å². The van der Waals surface area contributed by atoms with Gasteiger partial charge in [0.1, 0.15) is 5.82 Å². The van der Waals surface area contributed by atoms with Gasteiger partial charge in [0.2, 0.25) is 0 Å². The minimum absolute atomic E-state index is 0.139. The fraction of sp³-hybridized carbons (Fsp3) is 0.611. The maximum atomic E-state index is 13.9. The maximum absolute atomic E-state index is 13.9. The first-order valence-electron chi connectivity index (χ1n) is 8.81. The fourth-order valence-corrected chi connectivity index (χ4v) is 3.57. The van der Waals surface area contributed by atoms with Gasteiger partial charge in [0.15, 0.2) is 0 Å². The van der Waals surface area contributed by atoms with Crippen molar-refractivity contribution in [2.45, 2.75) is 31.7 Å². The van der Waals surface area contributed by atoms with Crippen LogP contribution >= 0.6 is 0 Å². The number of nitrogens with one attached hydrogen (secondary N) is 1. The van der Waals surface area contributed by atoms with Gasteiger partial charge in [0, 0.05) is 43.6 Å². The second kappa shape index (κ2) is 7.38. The van der Waals surface area contributed by atoms with Gasteiger partial charge in [-0.1, -0.05) is 0 Å². The number of carbonyl (C=O) groups is 1. The Bertz CT molecular complexity index is 586. The Hall–Kier alpha value is -1.82. The minimum Gasteiger partial charge on any atom is -0.371 e. The van der Waals surface area contributed by atoms with Crippen molar-refractivity contribution in [3.63, 3.8) is 0 Å². The summed E-state index contributed by atoms with van der Waals surface area (Å²) in [6.45, 7) is 3.37. The summed E-state index contributed by atoms with van der Waals surface area (Å²) in [5, 5.41) is 2.88. The van der Waals surface area contributed by atoms with Crippen LogP contribution in [0.1, 0.15) is 25.7 Å². The van der Waals surface area contributed by atoms with Gasteiger partial charge in [0.25, 0.3) is 0 Å². The summed E-state index contributed by atoms with van der Waals surface area (Å²) < 4.78 is 13.9. The summed E-state index contributed by atoms with van der Waals surface area (Å²) in [5.74, 6) is -0.306. The Balaban J connectivity index is 1.67. The lowest BCUT2D eigenvalue weighted by Gasteiger charge is -2.36. The van der Waals surface area contributed by atoms with E-state index >= 15 is 0 Å². The number of amides is 2. The number of benzene rings is 1. The van der Waals surface area contributed by atoms with Crippen molar-refractivity contribution in [2.24, 2.45) is 0 Å².